The zero-order chi connectivity index (χ0) is 17.8. The number of carbonyl (C=O) groups is 1. The highest BCUT2D eigenvalue weighted by molar-refractivity contribution is 5.80. The Morgan fingerprint density at radius 3 is 2.76 bits per heavy atom. The zero-order valence-electron chi connectivity index (χ0n) is 15.0. The predicted molar refractivity (Wildman–Crippen MR) is 101 cm³/mol. The minimum absolute atomic E-state index is 0.0379. The second-order valence-corrected chi connectivity index (χ2v) is 6.41. The number of carbonyl (C=O) groups excluding carboxylic acids is 1. The first-order chi connectivity index (χ1) is 12.0. The normalized spacial score (nSPS) is 10.8. The van der Waals surface area contributed by atoms with Crippen LogP contribution in [0.2, 0.25) is 0 Å². The van der Waals surface area contributed by atoms with E-state index in [4.69, 9.17) is 4.74 Å². The van der Waals surface area contributed by atoms with Gasteiger partial charge in [-0.1, -0.05) is 24.3 Å². The minimum Gasteiger partial charge on any atom is -0.483 e. The Bertz CT molecular complexity index is 896. The number of nitrogens with zero attached hydrogens (tertiary/aromatic N) is 1. The molecule has 130 valence electrons. The van der Waals surface area contributed by atoms with Crippen molar-refractivity contribution in [1.29, 1.82) is 0 Å². The highest BCUT2D eigenvalue weighted by Gasteiger charge is 2.07. The van der Waals surface area contributed by atoms with Gasteiger partial charge in [0.05, 0.1) is 0 Å². The van der Waals surface area contributed by atoms with Gasteiger partial charge in [0.1, 0.15) is 5.75 Å². The summed E-state index contributed by atoms with van der Waals surface area (Å²) in [5, 5.41) is 4.13. The van der Waals surface area contributed by atoms with Gasteiger partial charge in [-0.3, -0.25) is 4.79 Å². The van der Waals surface area contributed by atoms with Crippen LogP contribution in [0.25, 0.3) is 10.9 Å². The fourth-order valence-electron chi connectivity index (χ4n) is 3.00. The summed E-state index contributed by atoms with van der Waals surface area (Å²) in [7, 11) is 0. The number of amides is 1. The van der Waals surface area contributed by atoms with E-state index < -0.39 is 0 Å². The van der Waals surface area contributed by atoms with E-state index in [1.54, 1.807) is 0 Å². The molecule has 0 saturated carbocycles. The summed E-state index contributed by atoms with van der Waals surface area (Å²) >= 11 is 0. The molecule has 1 amide bonds. The van der Waals surface area contributed by atoms with E-state index in [0.717, 1.165) is 23.4 Å². The summed E-state index contributed by atoms with van der Waals surface area (Å²) in [6, 6.07) is 14.4. The van der Waals surface area contributed by atoms with Crippen molar-refractivity contribution in [3.05, 3.63) is 65.4 Å². The first-order valence-corrected chi connectivity index (χ1v) is 8.56. The quantitative estimate of drug-likeness (QED) is 0.745. The maximum absolute atomic E-state index is 12.0. The number of hydrogen-bond acceptors (Lipinski definition) is 2. The molecule has 0 aliphatic carbocycles. The molecule has 3 aromatic rings. The van der Waals surface area contributed by atoms with Gasteiger partial charge in [0.2, 0.25) is 0 Å². The lowest BCUT2D eigenvalue weighted by Gasteiger charge is -2.13. The van der Waals surface area contributed by atoms with E-state index in [9.17, 15) is 4.79 Å². The van der Waals surface area contributed by atoms with E-state index in [1.165, 1.54) is 16.5 Å². The SMILES string of the molecule is Cc1cc(C)c(C)c(OCC(=O)NCCn2ccc3ccccc32)c1. The number of hydrogen-bond donors (Lipinski definition) is 1. The summed E-state index contributed by atoms with van der Waals surface area (Å²) in [6.45, 7) is 7.45. The maximum atomic E-state index is 12.0. The standard InChI is InChI=1S/C21H24N2O2/c1-15-12-16(2)17(3)20(13-15)25-14-21(24)22-9-11-23-10-8-18-6-4-5-7-19(18)23/h4-8,10,12-13H,9,11,14H2,1-3H3,(H,22,24). The van der Waals surface area contributed by atoms with Crippen molar-refractivity contribution >= 4 is 16.8 Å². The fourth-order valence-corrected chi connectivity index (χ4v) is 3.00. The van der Waals surface area contributed by atoms with E-state index in [2.05, 4.69) is 41.1 Å². The number of rotatable bonds is 6. The Kier molecular flexibility index (Phi) is 5.08. The molecule has 0 unspecified atom stereocenters. The molecule has 4 heteroatoms. The van der Waals surface area contributed by atoms with Crippen LogP contribution in [0.15, 0.2) is 48.7 Å². The number of aromatic nitrogens is 1. The first-order valence-electron chi connectivity index (χ1n) is 8.56. The van der Waals surface area contributed by atoms with Crippen molar-refractivity contribution < 1.29 is 9.53 Å². The summed E-state index contributed by atoms with van der Waals surface area (Å²) in [6.07, 6.45) is 2.05. The number of para-hydroxylation sites is 1. The smallest absolute Gasteiger partial charge is 0.258 e. The Labute approximate surface area is 148 Å². The zero-order valence-corrected chi connectivity index (χ0v) is 15.0. The number of ether oxygens (including phenoxy) is 1. The second kappa shape index (κ2) is 7.43. The minimum atomic E-state index is -0.102. The van der Waals surface area contributed by atoms with Crippen LogP contribution in [0.5, 0.6) is 5.75 Å². The van der Waals surface area contributed by atoms with Gasteiger partial charge in [-0.2, -0.15) is 0 Å². The number of fused-ring (bicyclic) bond motifs is 1. The van der Waals surface area contributed by atoms with Crippen LogP contribution >= 0.6 is 0 Å². The molecule has 1 N–H and O–H groups in total. The average molecular weight is 336 g/mol. The van der Waals surface area contributed by atoms with E-state index in [1.807, 2.05) is 38.2 Å². The van der Waals surface area contributed by atoms with Gasteiger partial charge < -0.3 is 14.6 Å². The molecule has 0 radical (unpaired) electrons. The third-order valence-electron chi connectivity index (χ3n) is 4.48. The average Bonchev–Trinajstić information content (AvgIpc) is 3.00. The lowest BCUT2D eigenvalue weighted by atomic mass is 10.1. The monoisotopic (exact) mass is 336 g/mol. The van der Waals surface area contributed by atoms with Crippen molar-refractivity contribution in [3.63, 3.8) is 0 Å². The van der Waals surface area contributed by atoms with Gasteiger partial charge in [-0.05, 0) is 61.0 Å². The molecule has 0 atom stereocenters. The lowest BCUT2D eigenvalue weighted by molar-refractivity contribution is -0.123. The second-order valence-electron chi connectivity index (χ2n) is 6.41. The third-order valence-corrected chi connectivity index (χ3v) is 4.48. The molecule has 2 aromatic carbocycles. The van der Waals surface area contributed by atoms with Crippen LogP contribution in [0.1, 0.15) is 16.7 Å². The van der Waals surface area contributed by atoms with Crippen LogP contribution in [0, 0.1) is 20.8 Å². The van der Waals surface area contributed by atoms with Crippen molar-refractivity contribution in [2.45, 2.75) is 27.3 Å². The Balaban J connectivity index is 1.50. The highest BCUT2D eigenvalue weighted by atomic mass is 16.5. The van der Waals surface area contributed by atoms with Gasteiger partial charge in [0.25, 0.3) is 5.91 Å². The van der Waals surface area contributed by atoms with Gasteiger partial charge >= 0.3 is 0 Å². The van der Waals surface area contributed by atoms with E-state index >= 15 is 0 Å². The van der Waals surface area contributed by atoms with Crippen LogP contribution < -0.4 is 10.1 Å². The van der Waals surface area contributed by atoms with Crippen molar-refractivity contribution in [2.75, 3.05) is 13.2 Å². The summed E-state index contributed by atoms with van der Waals surface area (Å²) in [4.78, 5) is 12.0. The first kappa shape index (κ1) is 17.1. The summed E-state index contributed by atoms with van der Waals surface area (Å²) in [5.74, 6) is 0.680. The number of benzene rings is 2. The molecule has 0 spiro atoms. The topological polar surface area (TPSA) is 43.3 Å². The molecule has 4 nitrogen and oxygen atoms in total. The molecule has 1 aromatic heterocycles. The van der Waals surface area contributed by atoms with E-state index in [-0.39, 0.29) is 12.5 Å². The Morgan fingerprint density at radius 2 is 1.92 bits per heavy atom. The molecular formula is C21H24N2O2. The molecule has 1 heterocycles. The van der Waals surface area contributed by atoms with Crippen LogP contribution in [0.3, 0.4) is 0 Å². The number of nitrogens with one attached hydrogen (secondary N) is 1. The predicted octanol–water partition coefficient (Wildman–Crippen LogP) is 3.76. The summed E-state index contributed by atoms with van der Waals surface area (Å²) < 4.78 is 7.84. The largest absolute Gasteiger partial charge is 0.483 e. The molecule has 0 aliphatic rings. The Hall–Kier alpha value is -2.75. The fraction of sp³-hybridized carbons (Fsp3) is 0.286. The van der Waals surface area contributed by atoms with Crippen LogP contribution in [-0.2, 0) is 11.3 Å². The lowest BCUT2D eigenvalue weighted by Crippen LogP contribution is -2.31. The van der Waals surface area contributed by atoms with Crippen molar-refractivity contribution in [3.8, 4) is 5.75 Å². The van der Waals surface area contributed by atoms with E-state index in [0.29, 0.717) is 6.54 Å². The third kappa shape index (κ3) is 4.02. The number of aryl methyl sites for hydroxylation is 2. The highest BCUT2D eigenvalue weighted by Crippen LogP contribution is 2.23. The van der Waals surface area contributed by atoms with Crippen molar-refractivity contribution in [2.24, 2.45) is 0 Å². The molecule has 3 rings (SSSR count). The van der Waals surface area contributed by atoms with Crippen LogP contribution in [0.4, 0.5) is 0 Å². The maximum Gasteiger partial charge on any atom is 0.258 e. The summed E-state index contributed by atoms with van der Waals surface area (Å²) in [5.41, 5.74) is 4.57. The molecule has 0 aliphatic heterocycles. The van der Waals surface area contributed by atoms with Gasteiger partial charge in [-0.25, -0.2) is 0 Å². The molecule has 0 fully saturated rings. The van der Waals surface area contributed by atoms with Crippen LogP contribution in [-0.4, -0.2) is 23.6 Å². The molecule has 0 bridgehead atoms. The van der Waals surface area contributed by atoms with Crippen molar-refractivity contribution in [1.82, 2.24) is 9.88 Å². The molecule has 0 saturated heterocycles. The molecular weight excluding hydrogens is 312 g/mol. The van der Waals surface area contributed by atoms with Gasteiger partial charge in [-0.15, -0.1) is 0 Å². The van der Waals surface area contributed by atoms with Gasteiger partial charge in [0, 0.05) is 24.8 Å². The Morgan fingerprint density at radius 1 is 1.12 bits per heavy atom. The van der Waals surface area contributed by atoms with Gasteiger partial charge in [0.15, 0.2) is 6.61 Å². The molecule has 25 heavy (non-hydrogen) atoms.